The predicted octanol–water partition coefficient (Wildman–Crippen LogP) is 1.67. The summed E-state index contributed by atoms with van der Waals surface area (Å²) < 4.78 is 34.1. The summed E-state index contributed by atoms with van der Waals surface area (Å²) in [5, 5.41) is 2.51. The summed E-state index contributed by atoms with van der Waals surface area (Å²) in [7, 11) is -2.68. The van der Waals surface area contributed by atoms with Crippen LogP contribution in [0.5, 0.6) is 5.75 Å². The van der Waals surface area contributed by atoms with Crippen LogP contribution in [-0.2, 0) is 30.9 Å². The molecule has 7 nitrogen and oxygen atoms in total. The molecule has 1 atom stereocenters. The van der Waals surface area contributed by atoms with Gasteiger partial charge in [-0.25, -0.2) is 4.79 Å². The molecule has 0 aliphatic carbocycles. The van der Waals surface area contributed by atoms with Crippen LogP contribution in [0.3, 0.4) is 0 Å². The summed E-state index contributed by atoms with van der Waals surface area (Å²) in [5.74, 6) is -0.770. The first-order valence-corrected chi connectivity index (χ1v) is 9.16. The van der Waals surface area contributed by atoms with Gasteiger partial charge in [0.25, 0.3) is 0 Å². The average Bonchev–Trinajstić information content (AvgIpc) is 2.62. The fraction of sp³-hybridized carbons (Fsp3) is 0.222. The third-order valence-electron chi connectivity index (χ3n) is 3.46. The van der Waals surface area contributed by atoms with Crippen LogP contribution in [0.4, 0.5) is 0 Å². The number of ether oxygens (including phenoxy) is 1. The Balaban J connectivity index is 2.10. The number of benzene rings is 2. The molecule has 2 aromatic rings. The molecule has 0 heterocycles. The van der Waals surface area contributed by atoms with E-state index < -0.39 is 22.1 Å². The van der Waals surface area contributed by atoms with Crippen molar-refractivity contribution in [1.82, 2.24) is 5.32 Å². The highest BCUT2D eigenvalue weighted by atomic mass is 32.2. The number of amides is 1. The molecule has 2 rings (SSSR count). The molecule has 0 aliphatic rings. The van der Waals surface area contributed by atoms with Gasteiger partial charge in [-0.05, 0) is 29.8 Å². The standard InChI is InChI=1S/C18H19NO6S/c1-13(20)19-17(18(21)24-2)12-14-8-10-15(11-9-14)25-26(22,23)16-6-4-3-5-7-16/h3-11,17H,12H2,1-2H3,(H,19,20)/t17-/m0/s1. The van der Waals surface area contributed by atoms with Crippen molar-refractivity contribution in [3.05, 3.63) is 60.2 Å². The molecule has 1 amide bonds. The zero-order chi connectivity index (χ0) is 19.2. The van der Waals surface area contributed by atoms with E-state index in [9.17, 15) is 18.0 Å². The Labute approximate surface area is 152 Å². The Morgan fingerprint density at radius 1 is 1.04 bits per heavy atom. The third kappa shape index (κ3) is 5.32. The predicted molar refractivity (Wildman–Crippen MR) is 94.0 cm³/mol. The van der Waals surface area contributed by atoms with Crippen molar-refractivity contribution < 1.29 is 26.9 Å². The van der Waals surface area contributed by atoms with Gasteiger partial charge in [0.15, 0.2) is 0 Å². The van der Waals surface area contributed by atoms with E-state index in [4.69, 9.17) is 4.18 Å². The minimum Gasteiger partial charge on any atom is -0.467 e. The molecule has 26 heavy (non-hydrogen) atoms. The lowest BCUT2D eigenvalue weighted by atomic mass is 10.1. The molecule has 0 fully saturated rings. The zero-order valence-corrected chi connectivity index (χ0v) is 15.2. The maximum absolute atomic E-state index is 12.2. The van der Waals surface area contributed by atoms with Crippen molar-refractivity contribution in [2.75, 3.05) is 7.11 Å². The largest absolute Gasteiger partial charge is 0.467 e. The summed E-state index contributed by atoms with van der Waals surface area (Å²) in [6.45, 7) is 1.31. The first-order valence-electron chi connectivity index (χ1n) is 7.75. The van der Waals surface area contributed by atoms with E-state index in [1.54, 1.807) is 30.3 Å². The number of esters is 1. The molecule has 2 aromatic carbocycles. The number of methoxy groups -OCH3 is 1. The van der Waals surface area contributed by atoms with Gasteiger partial charge >= 0.3 is 16.1 Å². The van der Waals surface area contributed by atoms with Crippen LogP contribution in [0.1, 0.15) is 12.5 Å². The fourth-order valence-electron chi connectivity index (χ4n) is 2.26. The van der Waals surface area contributed by atoms with Crippen LogP contribution in [0.2, 0.25) is 0 Å². The Morgan fingerprint density at radius 3 is 2.19 bits per heavy atom. The number of hydrogen-bond donors (Lipinski definition) is 1. The molecular weight excluding hydrogens is 358 g/mol. The molecule has 1 N–H and O–H groups in total. The Kier molecular flexibility index (Phi) is 6.35. The molecule has 0 saturated heterocycles. The number of carbonyl (C=O) groups is 2. The van der Waals surface area contributed by atoms with Gasteiger partial charge < -0.3 is 14.2 Å². The van der Waals surface area contributed by atoms with E-state index >= 15 is 0 Å². The Hall–Kier alpha value is -2.87. The minimum absolute atomic E-state index is 0.0560. The SMILES string of the molecule is COC(=O)[C@H](Cc1ccc(OS(=O)(=O)c2ccccc2)cc1)NC(C)=O. The maximum atomic E-state index is 12.2. The van der Waals surface area contributed by atoms with Crippen LogP contribution in [0, 0.1) is 0 Å². The van der Waals surface area contributed by atoms with Gasteiger partial charge in [0, 0.05) is 13.3 Å². The van der Waals surface area contributed by atoms with Gasteiger partial charge in [-0.3, -0.25) is 4.79 Å². The molecule has 0 saturated carbocycles. The Morgan fingerprint density at radius 2 is 1.65 bits per heavy atom. The highest BCUT2D eigenvalue weighted by molar-refractivity contribution is 7.87. The Bertz CT molecular complexity index is 862. The lowest BCUT2D eigenvalue weighted by Crippen LogP contribution is -2.41. The van der Waals surface area contributed by atoms with Crippen molar-refractivity contribution in [2.45, 2.75) is 24.3 Å². The van der Waals surface area contributed by atoms with Crippen LogP contribution in [0.25, 0.3) is 0 Å². The van der Waals surface area contributed by atoms with Gasteiger partial charge in [-0.15, -0.1) is 0 Å². The van der Waals surface area contributed by atoms with E-state index in [0.717, 1.165) is 0 Å². The third-order valence-corrected chi connectivity index (χ3v) is 4.73. The molecule has 0 spiro atoms. The zero-order valence-electron chi connectivity index (χ0n) is 14.3. The van der Waals surface area contributed by atoms with E-state index in [1.165, 1.54) is 38.3 Å². The number of hydrogen-bond acceptors (Lipinski definition) is 6. The summed E-state index contributed by atoms with van der Waals surface area (Å²) in [6.07, 6.45) is 0.206. The molecule has 0 aromatic heterocycles. The van der Waals surface area contributed by atoms with Gasteiger partial charge in [-0.1, -0.05) is 30.3 Å². The lowest BCUT2D eigenvalue weighted by molar-refractivity contribution is -0.144. The molecule has 8 heteroatoms. The minimum atomic E-state index is -3.91. The normalized spacial score (nSPS) is 12.1. The van der Waals surface area contributed by atoms with Crippen LogP contribution in [0.15, 0.2) is 59.5 Å². The summed E-state index contributed by atoms with van der Waals surface area (Å²) in [6, 6.07) is 13.2. The van der Waals surface area contributed by atoms with Crippen molar-refractivity contribution in [2.24, 2.45) is 0 Å². The smallest absolute Gasteiger partial charge is 0.339 e. The summed E-state index contributed by atoms with van der Waals surface area (Å²) in [4.78, 5) is 23.0. The molecular formula is C18H19NO6S. The highest BCUT2D eigenvalue weighted by Gasteiger charge is 2.21. The van der Waals surface area contributed by atoms with Gasteiger partial charge in [0.1, 0.15) is 16.7 Å². The summed E-state index contributed by atoms with van der Waals surface area (Å²) >= 11 is 0. The molecule has 0 unspecified atom stereocenters. The van der Waals surface area contributed by atoms with Crippen molar-refractivity contribution in [3.8, 4) is 5.75 Å². The van der Waals surface area contributed by atoms with E-state index in [-0.39, 0.29) is 23.0 Å². The van der Waals surface area contributed by atoms with Crippen molar-refractivity contribution >= 4 is 22.0 Å². The average molecular weight is 377 g/mol. The monoisotopic (exact) mass is 377 g/mol. The van der Waals surface area contributed by atoms with Gasteiger partial charge in [0.2, 0.25) is 5.91 Å². The molecule has 0 bridgehead atoms. The van der Waals surface area contributed by atoms with E-state index in [0.29, 0.717) is 5.56 Å². The molecule has 138 valence electrons. The van der Waals surface area contributed by atoms with E-state index in [1.807, 2.05) is 0 Å². The van der Waals surface area contributed by atoms with Crippen LogP contribution < -0.4 is 9.50 Å². The highest BCUT2D eigenvalue weighted by Crippen LogP contribution is 2.19. The van der Waals surface area contributed by atoms with Crippen molar-refractivity contribution in [1.29, 1.82) is 0 Å². The lowest BCUT2D eigenvalue weighted by Gasteiger charge is -2.15. The van der Waals surface area contributed by atoms with Crippen molar-refractivity contribution in [3.63, 3.8) is 0 Å². The quantitative estimate of drug-likeness (QED) is 0.582. The second-order valence-corrected chi connectivity index (χ2v) is 7.02. The second-order valence-electron chi connectivity index (χ2n) is 5.47. The number of nitrogens with one attached hydrogen (secondary N) is 1. The van der Waals surface area contributed by atoms with Gasteiger partial charge in [0.05, 0.1) is 7.11 Å². The van der Waals surface area contributed by atoms with E-state index in [2.05, 4.69) is 10.1 Å². The van der Waals surface area contributed by atoms with Crippen LogP contribution >= 0.6 is 0 Å². The summed E-state index contributed by atoms with van der Waals surface area (Å²) in [5.41, 5.74) is 0.707. The number of carbonyl (C=O) groups excluding carboxylic acids is 2. The first kappa shape index (κ1) is 19.5. The molecule has 0 radical (unpaired) electrons. The maximum Gasteiger partial charge on any atom is 0.339 e. The fourth-order valence-corrected chi connectivity index (χ4v) is 3.21. The topological polar surface area (TPSA) is 98.8 Å². The van der Waals surface area contributed by atoms with Crippen LogP contribution in [-0.4, -0.2) is 33.4 Å². The van der Waals surface area contributed by atoms with Gasteiger partial charge in [-0.2, -0.15) is 8.42 Å². The number of rotatable bonds is 7. The molecule has 0 aliphatic heterocycles. The second kappa shape index (κ2) is 8.48. The first-order chi connectivity index (χ1) is 12.3.